The van der Waals surface area contributed by atoms with Crippen LogP contribution in [0.1, 0.15) is 12.0 Å². The molecule has 5 heteroatoms. The maximum Gasteiger partial charge on any atom is 0.234 e. The number of nitrogens with zero attached hydrogens (tertiary/aromatic N) is 1. The van der Waals surface area contributed by atoms with Crippen molar-refractivity contribution >= 4 is 5.91 Å². The first-order valence-electron chi connectivity index (χ1n) is 7.01. The van der Waals surface area contributed by atoms with Gasteiger partial charge in [-0.2, -0.15) is 0 Å². The molecule has 3 N–H and O–H groups in total. The number of amides is 1. The quantitative estimate of drug-likeness (QED) is 0.528. The van der Waals surface area contributed by atoms with E-state index in [0.717, 1.165) is 12.8 Å². The zero-order chi connectivity index (χ0) is 14.6. The summed E-state index contributed by atoms with van der Waals surface area (Å²) < 4.78 is 0. The maximum atomic E-state index is 11.7. The molecule has 5 nitrogen and oxygen atoms in total. The highest BCUT2D eigenvalue weighted by Crippen LogP contribution is 2.01. The molecule has 0 atom stereocenters. The largest absolute Gasteiger partial charge is 0.395 e. The predicted molar refractivity (Wildman–Crippen MR) is 78.4 cm³/mol. The van der Waals surface area contributed by atoms with E-state index in [4.69, 9.17) is 10.2 Å². The minimum atomic E-state index is -0.0695. The number of aryl methyl sites for hydroxylation is 1. The van der Waals surface area contributed by atoms with Gasteiger partial charge in [-0.15, -0.1) is 0 Å². The average Bonchev–Trinajstić information content (AvgIpc) is 2.45. The molecule has 112 valence electrons. The fourth-order valence-corrected chi connectivity index (χ4v) is 1.98. The van der Waals surface area contributed by atoms with Gasteiger partial charge in [0.15, 0.2) is 0 Å². The van der Waals surface area contributed by atoms with Crippen molar-refractivity contribution in [2.75, 3.05) is 39.4 Å². The molecule has 0 unspecified atom stereocenters. The molecule has 0 saturated heterocycles. The molecule has 0 spiro atoms. The highest BCUT2D eigenvalue weighted by molar-refractivity contribution is 5.77. The lowest BCUT2D eigenvalue weighted by atomic mass is 10.1. The van der Waals surface area contributed by atoms with Crippen molar-refractivity contribution in [3.8, 4) is 0 Å². The number of carbonyl (C=O) groups is 1. The van der Waals surface area contributed by atoms with Crippen molar-refractivity contribution in [2.45, 2.75) is 12.8 Å². The summed E-state index contributed by atoms with van der Waals surface area (Å²) in [5.74, 6) is -0.0695. The van der Waals surface area contributed by atoms with Gasteiger partial charge in [0, 0.05) is 19.6 Å². The Balaban J connectivity index is 2.15. The number of carbonyl (C=O) groups excluding carboxylic acids is 1. The minimum Gasteiger partial charge on any atom is -0.395 e. The van der Waals surface area contributed by atoms with Gasteiger partial charge in [-0.3, -0.25) is 9.69 Å². The Morgan fingerprint density at radius 3 is 2.35 bits per heavy atom. The van der Waals surface area contributed by atoms with E-state index in [9.17, 15) is 4.79 Å². The average molecular weight is 280 g/mol. The molecule has 1 aromatic carbocycles. The Kier molecular flexibility index (Phi) is 8.62. The van der Waals surface area contributed by atoms with Crippen LogP contribution >= 0.6 is 0 Å². The lowest BCUT2D eigenvalue weighted by Crippen LogP contribution is -2.40. The molecule has 0 fully saturated rings. The summed E-state index contributed by atoms with van der Waals surface area (Å²) in [6.07, 6.45) is 1.84. The summed E-state index contributed by atoms with van der Waals surface area (Å²) >= 11 is 0. The van der Waals surface area contributed by atoms with Crippen LogP contribution in [0.5, 0.6) is 0 Å². The number of hydrogen-bond donors (Lipinski definition) is 3. The number of aliphatic hydroxyl groups is 2. The Morgan fingerprint density at radius 1 is 1.10 bits per heavy atom. The second kappa shape index (κ2) is 10.4. The van der Waals surface area contributed by atoms with Crippen molar-refractivity contribution < 1.29 is 15.0 Å². The molecule has 20 heavy (non-hydrogen) atoms. The first-order valence-corrected chi connectivity index (χ1v) is 7.01. The van der Waals surface area contributed by atoms with Crippen molar-refractivity contribution in [1.29, 1.82) is 0 Å². The van der Waals surface area contributed by atoms with Gasteiger partial charge in [0.2, 0.25) is 5.91 Å². The van der Waals surface area contributed by atoms with Gasteiger partial charge in [-0.1, -0.05) is 30.3 Å². The number of nitrogens with one attached hydrogen (secondary N) is 1. The van der Waals surface area contributed by atoms with Crippen LogP contribution in [-0.2, 0) is 11.2 Å². The Labute approximate surface area is 120 Å². The Bertz CT molecular complexity index is 365. The van der Waals surface area contributed by atoms with Crippen molar-refractivity contribution in [3.63, 3.8) is 0 Å². The van der Waals surface area contributed by atoms with Crippen LogP contribution < -0.4 is 5.32 Å². The monoisotopic (exact) mass is 280 g/mol. The van der Waals surface area contributed by atoms with Crippen LogP contribution in [0.4, 0.5) is 0 Å². The highest BCUT2D eigenvalue weighted by atomic mass is 16.3. The van der Waals surface area contributed by atoms with E-state index in [2.05, 4.69) is 17.4 Å². The molecule has 0 bridgehead atoms. The summed E-state index contributed by atoms with van der Waals surface area (Å²) in [6.45, 7) is 1.63. The van der Waals surface area contributed by atoms with E-state index in [1.165, 1.54) is 5.56 Å². The summed E-state index contributed by atoms with van der Waals surface area (Å²) in [5.41, 5.74) is 1.27. The van der Waals surface area contributed by atoms with Crippen molar-refractivity contribution in [2.24, 2.45) is 0 Å². The smallest absolute Gasteiger partial charge is 0.234 e. The standard InChI is InChI=1S/C15H24N2O3/c18-11-9-17(10-12-19)13-15(20)16-8-4-7-14-5-2-1-3-6-14/h1-3,5-6,18-19H,4,7-13H2,(H,16,20). The predicted octanol–water partition coefficient (Wildman–Crippen LogP) is 0.0220. The molecular formula is C15H24N2O3. The topological polar surface area (TPSA) is 72.8 Å². The first-order chi connectivity index (χ1) is 9.76. The van der Waals surface area contributed by atoms with E-state index in [1.807, 2.05) is 18.2 Å². The van der Waals surface area contributed by atoms with E-state index < -0.39 is 0 Å². The molecule has 0 aliphatic rings. The van der Waals surface area contributed by atoms with E-state index in [-0.39, 0.29) is 25.7 Å². The fraction of sp³-hybridized carbons (Fsp3) is 0.533. The van der Waals surface area contributed by atoms with E-state index >= 15 is 0 Å². The third-order valence-corrected chi connectivity index (χ3v) is 3.01. The zero-order valence-corrected chi connectivity index (χ0v) is 11.8. The summed E-state index contributed by atoms with van der Waals surface area (Å²) in [4.78, 5) is 13.4. The summed E-state index contributed by atoms with van der Waals surface area (Å²) in [5, 5.41) is 20.6. The van der Waals surface area contributed by atoms with Crippen LogP contribution in [0, 0.1) is 0 Å². The van der Waals surface area contributed by atoms with Gasteiger partial charge in [0.25, 0.3) is 0 Å². The van der Waals surface area contributed by atoms with Crippen LogP contribution in [0.3, 0.4) is 0 Å². The van der Waals surface area contributed by atoms with E-state index in [0.29, 0.717) is 19.6 Å². The number of rotatable bonds is 10. The van der Waals surface area contributed by atoms with Gasteiger partial charge < -0.3 is 15.5 Å². The number of aliphatic hydroxyl groups excluding tert-OH is 2. The molecule has 1 rings (SSSR count). The summed E-state index contributed by atoms with van der Waals surface area (Å²) in [7, 11) is 0. The second-order valence-corrected chi connectivity index (χ2v) is 4.66. The molecule has 0 saturated carbocycles. The van der Waals surface area contributed by atoms with Crippen molar-refractivity contribution in [3.05, 3.63) is 35.9 Å². The maximum absolute atomic E-state index is 11.7. The summed E-state index contributed by atoms with van der Waals surface area (Å²) in [6, 6.07) is 10.2. The first kappa shape index (κ1) is 16.6. The Hall–Kier alpha value is -1.43. The third-order valence-electron chi connectivity index (χ3n) is 3.01. The second-order valence-electron chi connectivity index (χ2n) is 4.66. The molecule has 0 aliphatic heterocycles. The number of hydrogen-bond acceptors (Lipinski definition) is 4. The third kappa shape index (κ3) is 7.23. The normalized spacial score (nSPS) is 10.8. The molecule has 0 heterocycles. The lowest BCUT2D eigenvalue weighted by molar-refractivity contribution is -0.122. The molecular weight excluding hydrogens is 256 g/mol. The lowest BCUT2D eigenvalue weighted by Gasteiger charge is -2.19. The van der Waals surface area contributed by atoms with Gasteiger partial charge in [-0.05, 0) is 18.4 Å². The van der Waals surface area contributed by atoms with Crippen LogP contribution in [-0.4, -0.2) is 60.4 Å². The van der Waals surface area contributed by atoms with Gasteiger partial charge in [-0.25, -0.2) is 0 Å². The van der Waals surface area contributed by atoms with Gasteiger partial charge >= 0.3 is 0 Å². The van der Waals surface area contributed by atoms with Crippen LogP contribution in [0.15, 0.2) is 30.3 Å². The van der Waals surface area contributed by atoms with Gasteiger partial charge in [0.05, 0.1) is 19.8 Å². The zero-order valence-electron chi connectivity index (χ0n) is 11.8. The highest BCUT2D eigenvalue weighted by Gasteiger charge is 2.08. The van der Waals surface area contributed by atoms with Gasteiger partial charge in [0.1, 0.15) is 0 Å². The molecule has 0 radical (unpaired) electrons. The molecule has 1 amide bonds. The van der Waals surface area contributed by atoms with Crippen LogP contribution in [0.25, 0.3) is 0 Å². The fourth-order valence-electron chi connectivity index (χ4n) is 1.98. The van der Waals surface area contributed by atoms with Crippen molar-refractivity contribution in [1.82, 2.24) is 10.2 Å². The van der Waals surface area contributed by atoms with Crippen LogP contribution in [0.2, 0.25) is 0 Å². The SMILES string of the molecule is O=C(CN(CCO)CCO)NCCCc1ccccc1. The molecule has 1 aromatic rings. The minimum absolute atomic E-state index is 0.0126. The molecule has 0 aromatic heterocycles. The molecule has 0 aliphatic carbocycles. The Morgan fingerprint density at radius 2 is 1.75 bits per heavy atom. The number of benzene rings is 1. The van der Waals surface area contributed by atoms with E-state index in [1.54, 1.807) is 4.90 Å².